The summed E-state index contributed by atoms with van der Waals surface area (Å²) in [4.78, 5) is 26.1. The quantitative estimate of drug-likeness (QED) is 0.786. The van der Waals surface area contributed by atoms with Gasteiger partial charge in [-0.2, -0.15) is 4.98 Å². The lowest BCUT2D eigenvalue weighted by molar-refractivity contribution is 0.147. The summed E-state index contributed by atoms with van der Waals surface area (Å²) in [6.07, 6.45) is 3.20. The Morgan fingerprint density at radius 1 is 1.16 bits per heavy atom. The molecule has 0 unspecified atom stereocenters. The van der Waals surface area contributed by atoms with Crippen LogP contribution in [0.1, 0.15) is 11.8 Å². The Hall–Kier alpha value is -3.36. The van der Waals surface area contributed by atoms with Crippen molar-refractivity contribution in [3.8, 4) is 11.6 Å². The molecule has 1 aromatic carbocycles. The fraction of sp³-hybridized carbons (Fsp3) is 0.188. The highest BCUT2D eigenvalue weighted by atomic mass is 19.1. The predicted molar refractivity (Wildman–Crippen MR) is 85.1 cm³/mol. The van der Waals surface area contributed by atoms with E-state index >= 15 is 0 Å². The van der Waals surface area contributed by atoms with Gasteiger partial charge in [0.2, 0.25) is 17.5 Å². The molecule has 3 heterocycles. The number of nitrogens with zero attached hydrogens (tertiary/aromatic N) is 5. The maximum atomic E-state index is 12.9. The molecular weight excluding hydrogens is 327 g/mol. The van der Waals surface area contributed by atoms with E-state index in [2.05, 4.69) is 25.4 Å². The molecule has 3 aromatic rings. The Bertz CT molecular complexity index is 877. The van der Waals surface area contributed by atoms with Crippen molar-refractivity contribution in [3.63, 3.8) is 0 Å². The summed E-state index contributed by atoms with van der Waals surface area (Å²) in [7, 11) is 0. The molecule has 2 amide bonds. The largest absolute Gasteiger partial charge is 0.338 e. The first-order chi connectivity index (χ1) is 12.2. The van der Waals surface area contributed by atoms with Gasteiger partial charge in [0.1, 0.15) is 5.82 Å². The van der Waals surface area contributed by atoms with Crippen LogP contribution in [0, 0.1) is 5.82 Å². The zero-order valence-electron chi connectivity index (χ0n) is 13.0. The SMILES string of the molecule is O=C(Nc1ccc(F)cc1)N1CC(c2nc(-c3ncccn3)no2)C1. The third-order valence-electron chi connectivity index (χ3n) is 3.82. The smallest absolute Gasteiger partial charge is 0.321 e. The summed E-state index contributed by atoms with van der Waals surface area (Å²) in [5.41, 5.74) is 0.538. The normalized spacial score (nSPS) is 14.2. The van der Waals surface area contributed by atoms with Gasteiger partial charge in [-0.1, -0.05) is 5.16 Å². The number of urea groups is 1. The predicted octanol–water partition coefficient (Wildman–Crippen LogP) is 2.30. The Kier molecular flexibility index (Phi) is 3.81. The summed E-state index contributed by atoms with van der Waals surface area (Å²) >= 11 is 0. The number of aromatic nitrogens is 4. The van der Waals surface area contributed by atoms with Crippen molar-refractivity contribution in [1.29, 1.82) is 0 Å². The van der Waals surface area contributed by atoms with Crippen molar-refractivity contribution in [1.82, 2.24) is 25.0 Å². The van der Waals surface area contributed by atoms with Crippen molar-refractivity contribution in [3.05, 3.63) is 54.4 Å². The number of carbonyl (C=O) groups is 1. The van der Waals surface area contributed by atoms with E-state index in [1.807, 2.05) is 0 Å². The van der Waals surface area contributed by atoms with Crippen LogP contribution in [0.25, 0.3) is 11.6 Å². The third-order valence-corrected chi connectivity index (χ3v) is 3.82. The van der Waals surface area contributed by atoms with Crippen molar-refractivity contribution < 1.29 is 13.7 Å². The van der Waals surface area contributed by atoms with E-state index in [1.165, 1.54) is 24.3 Å². The van der Waals surface area contributed by atoms with Gasteiger partial charge in [-0.25, -0.2) is 19.2 Å². The number of nitrogens with one attached hydrogen (secondary N) is 1. The fourth-order valence-electron chi connectivity index (χ4n) is 2.44. The lowest BCUT2D eigenvalue weighted by atomic mass is 10.0. The van der Waals surface area contributed by atoms with Crippen molar-refractivity contribution in [2.24, 2.45) is 0 Å². The second-order valence-corrected chi connectivity index (χ2v) is 5.57. The van der Waals surface area contributed by atoms with Gasteiger partial charge in [0.25, 0.3) is 0 Å². The second kappa shape index (κ2) is 6.27. The molecule has 1 aliphatic heterocycles. The maximum absolute atomic E-state index is 12.9. The van der Waals surface area contributed by atoms with E-state index in [0.29, 0.717) is 36.3 Å². The summed E-state index contributed by atoms with van der Waals surface area (Å²) in [5.74, 6) is 0.793. The highest BCUT2D eigenvalue weighted by Gasteiger charge is 2.36. The molecule has 9 heteroatoms. The van der Waals surface area contributed by atoms with Crippen LogP contribution >= 0.6 is 0 Å². The number of carbonyl (C=O) groups excluding carboxylic acids is 1. The lowest BCUT2D eigenvalue weighted by Crippen LogP contribution is -2.50. The number of likely N-dealkylation sites (tertiary alicyclic amines) is 1. The molecule has 1 fully saturated rings. The van der Waals surface area contributed by atoms with Gasteiger partial charge in [-0.3, -0.25) is 0 Å². The van der Waals surface area contributed by atoms with Gasteiger partial charge in [0, 0.05) is 31.2 Å². The van der Waals surface area contributed by atoms with Crippen molar-refractivity contribution in [2.45, 2.75) is 5.92 Å². The molecule has 0 spiro atoms. The van der Waals surface area contributed by atoms with Crippen molar-refractivity contribution >= 4 is 11.7 Å². The monoisotopic (exact) mass is 340 g/mol. The number of benzene rings is 1. The first-order valence-corrected chi connectivity index (χ1v) is 7.61. The van der Waals surface area contributed by atoms with Crippen LogP contribution in [0.3, 0.4) is 0 Å². The molecule has 4 rings (SSSR count). The van der Waals surface area contributed by atoms with E-state index < -0.39 is 0 Å². The number of hydrogen-bond acceptors (Lipinski definition) is 6. The lowest BCUT2D eigenvalue weighted by Gasteiger charge is -2.36. The fourth-order valence-corrected chi connectivity index (χ4v) is 2.44. The minimum absolute atomic E-state index is 0.0241. The molecule has 0 radical (unpaired) electrons. The van der Waals surface area contributed by atoms with Crippen LogP contribution in [0.4, 0.5) is 14.9 Å². The zero-order valence-corrected chi connectivity index (χ0v) is 13.0. The molecule has 1 aliphatic rings. The van der Waals surface area contributed by atoms with Crippen LogP contribution in [0.15, 0.2) is 47.2 Å². The maximum Gasteiger partial charge on any atom is 0.321 e. The average molecular weight is 340 g/mol. The Morgan fingerprint density at radius 2 is 1.88 bits per heavy atom. The second-order valence-electron chi connectivity index (χ2n) is 5.57. The average Bonchev–Trinajstić information content (AvgIpc) is 3.06. The Balaban J connectivity index is 1.35. The summed E-state index contributed by atoms with van der Waals surface area (Å²) in [5, 5.41) is 6.58. The number of hydrogen-bond donors (Lipinski definition) is 1. The highest BCUT2D eigenvalue weighted by Crippen LogP contribution is 2.27. The zero-order chi connectivity index (χ0) is 17.2. The number of halogens is 1. The third kappa shape index (κ3) is 3.16. The summed E-state index contributed by atoms with van der Waals surface area (Å²) in [6.45, 7) is 0.925. The standard InChI is InChI=1S/C16H13FN6O2/c17-11-2-4-12(5-3-11)20-16(24)23-8-10(9-23)15-21-14(22-25-15)13-18-6-1-7-19-13/h1-7,10H,8-9H2,(H,20,24). The molecule has 0 bridgehead atoms. The van der Waals surface area contributed by atoms with Gasteiger partial charge in [0.15, 0.2) is 0 Å². The molecule has 2 aromatic heterocycles. The van der Waals surface area contributed by atoms with Gasteiger partial charge in [0.05, 0.1) is 5.92 Å². The molecule has 8 nitrogen and oxygen atoms in total. The van der Waals surface area contributed by atoms with Gasteiger partial charge < -0.3 is 14.7 Å². The minimum Gasteiger partial charge on any atom is -0.338 e. The molecule has 25 heavy (non-hydrogen) atoms. The Morgan fingerprint density at radius 3 is 2.60 bits per heavy atom. The number of anilines is 1. The molecule has 1 saturated heterocycles. The van der Waals surface area contributed by atoms with E-state index in [4.69, 9.17) is 4.52 Å². The highest BCUT2D eigenvalue weighted by molar-refractivity contribution is 5.89. The van der Waals surface area contributed by atoms with Gasteiger partial charge >= 0.3 is 6.03 Å². The Labute approximate surface area is 141 Å². The molecular formula is C16H13FN6O2. The number of rotatable bonds is 3. The first-order valence-electron chi connectivity index (χ1n) is 7.61. The summed E-state index contributed by atoms with van der Waals surface area (Å²) < 4.78 is 18.1. The van der Waals surface area contributed by atoms with Crippen LogP contribution in [-0.4, -0.2) is 44.1 Å². The van der Waals surface area contributed by atoms with E-state index in [0.717, 1.165) is 0 Å². The summed E-state index contributed by atoms with van der Waals surface area (Å²) in [6, 6.07) is 7.05. The topological polar surface area (TPSA) is 97.0 Å². The van der Waals surface area contributed by atoms with Crippen molar-refractivity contribution in [2.75, 3.05) is 18.4 Å². The molecule has 0 atom stereocenters. The van der Waals surface area contributed by atoms with Gasteiger partial charge in [-0.05, 0) is 30.3 Å². The van der Waals surface area contributed by atoms with Crippen LogP contribution in [-0.2, 0) is 0 Å². The molecule has 0 aliphatic carbocycles. The minimum atomic E-state index is -0.350. The number of amides is 2. The van der Waals surface area contributed by atoms with Crippen LogP contribution in [0.2, 0.25) is 0 Å². The van der Waals surface area contributed by atoms with Gasteiger partial charge in [-0.15, -0.1) is 0 Å². The molecule has 1 N–H and O–H groups in total. The van der Waals surface area contributed by atoms with E-state index in [-0.39, 0.29) is 17.8 Å². The molecule has 126 valence electrons. The molecule has 0 saturated carbocycles. The van der Waals surface area contributed by atoms with Crippen LogP contribution < -0.4 is 5.32 Å². The first kappa shape index (κ1) is 15.2. The van der Waals surface area contributed by atoms with E-state index in [1.54, 1.807) is 23.4 Å². The van der Waals surface area contributed by atoms with Crippen LogP contribution in [0.5, 0.6) is 0 Å². The van der Waals surface area contributed by atoms with E-state index in [9.17, 15) is 9.18 Å².